The molecule has 90 valence electrons. The van der Waals surface area contributed by atoms with Gasteiger partial charge in [-0.3, -0.25) is 4.90 Å². The van der Waals surface area contributed by atoms with Gasteiger partial charge in [-0.05, 0) is 40.2 Å². The van der Waals surface area contributed by atoms with Crippen molar-refractivity contribution in [2.45, 2.75) is 65.7 Å². The van der Waals surface area contributed by atoms with Gasteiger partial charge in [0.25, 0.3) is 0 Å². The van der Waals surface area contributed by atoms with Gasteiger partial charge in [-0.1, -0.05) is 20.8 Å². The molecular weight excluding hydrogens is 188 g/mol. The van der Waals surface area contributed by atoms with Crippen LogP contribution in [0.2, 0.25) is 0 Å². The highest BCUT2D eigenvalue weighted by atomic mass is 16.5. The molecule has 1 saturated heterocycles. The van der Waals surface area contributed by atoms with E-state index in [4.69, 9.17) is 0 Å². The minimum absolute atomic E-state index is 0.146. The van der Waals surface area contributed by atoms with Crippen molar-refractivity contribution in [3.8, 4) is 0 Å². The Morgan fingerprint density at radius 1 is 1.07 bits per heavy atom. The fraction of sp³-hybridized carbons (Fsp3) is 1.00. The van der Waals surface area contributed by atoms with Gasteiger partial charge in [-0.2, -0.15) is 5.06 Å². The summed E-state index contributed by atoms with van der Waals surface area (Å²) in [6.07, 6.45) is 0. The predicted octanol–water partition coefficient (Wildman–Crippen LogP) is 2.55. The van der Waals surface area contributed by atoms with Crippen LogP contribution >= 0.6 is 0 Å². The van der Waals surface area contributed by atoms with E-state index < -0.39 is 0 Å². The van der Waals surface area contributed by atoms with Crippen molar-refractivity contribution in [2.75, 3.05) is 7.05 Å². The monoisotopic (exact) mass is 214 g/mol. The molecule has 1 aliphatic heterocycles. The molecule has 1 fully saturated rings. The summed E-state index contributed by atoms with van der Waals surface area (Å²) in [6.45, 7) is 15.0. The summed E-state index contributed by atoms with van der Waals surface area (Å²) < 4.78 is 0. The van der Waals surface area contributed by atoms with Gasteiger partial charge < -0.3 is 5.21 Å². The van der Waals surface area contributed by atoms with Gasteiger partial charge in [-0.15, -0.1) is 0 Å². The number of likely N-dealkylation sites (N-methyl/N-ethyl adjacent to an activating group) is 1. The fourth-order valence-corrected chi connectivity index (χ4v) is 3.40. The van der Waals surface area contributed by atoms with Crippen LogP contribution in [0.1, 0.15) is 48.5 Å². The lowest BCUT2D eigenvalue weighted by atomic mass is 9.76. The van der Waals surface area contributed by atoms with Crippen molar-refractivity contribution < 1.29 is 5.21 Å². The average Bonchev–Trinajstić information content (AvgIpc) is 2.09. The van der Waals surface area contributed by atoms with Crippen LogP contribution in [0.25, 0.3) is 0 Å². The second kappa shape index (κ2) is 3.19. The minimum Gasteiger partial charge on any atom is -0.312 e. The van der Waals surface area contributed by atoms with E-state index in [2.05, 4.69) is 60.4 Å². The largest absolute Gasteiger partial charge is 0.312 e. The first-order chi connectivity index (χ1) is 6.43. The van der Waals surface area contributed by atoms with E-state index in [1.54, 1.807) is 0 Å². The van der Waals surface area contributed by atoms with Crippen molar-refractivity contribution in [3.05, 3.63) is 0 Å². The van der Waals surface area contributed by atoms with E-state index in [-0.39, 0.29) is 16.6 Å². The Labute approximate surface area is 94.0 Å². The molecule has 1 heterocycles. The summed E-state index contributed by atoms with van der Waals surface area (Å²) in [7, 11) is 2.09. The Hall–Kier alpha value is -0.120. The van der Waals surface area contributed by atoms with E-state index >= 15 is 0 Å². The molecule has 0 saturated carbocycles. The second-order valence-corrected chi connectivity index (χ2v) is 6.84. The van der Waals surface area contributed by atoms with Crippen molar-refractivity contribution in [1.29, 1.82) is 0 Å². The predicted molar refractivity (Wildman–Crippen MR) is 62.8 cm³/mol. The first-order valence-electron chi connectivity index (χ1n) is 5.65. The maximum atomic E-state index is 10.3. The molecule has 1 rings (SSSR count). The van der Waals surface area contributed by atoms with Crippen LogP contribution in [-0.4, -0.2) is 39.5 Å². The van der Waals surface area contributed by atoms with Crippen molar-refractivity contribution >= 4 is 0 Å². The molecule has 0 aromatic heterocycles. The van der Waals surface area contributed by atoms with E-state index in [1.165, 1.54) is 5.06 Å². The summed E-state index contributed by atoms with van der Waals surface area (Å²) in [5, 5.41) is 11.8. The quantitative estimate of drug-likeness (QED) is 0.671. The van der Waals surface area contributed by atoms with E-state index in [1.807, 2.05) is 0 Å². The molecule has 0 aliphatic carbocycles. The van der Waals surface area contributed by atoms with Crippen LogP contribution in [0.5, 0.6) is 0 Å². The van der Waals surface area contributed by atoms with Crippen molar-refractivity contribution in [3.63, 3.8) is 0 Å². The van der Waals surface area contributed by atoms with Crippen LogP contribution in [0.3, 0.4) is 0 Å². The highest BCUT2D eigenvalue weighted by Crippen LogP contribution is 2.46. The number of hydrogen-bond acceptors (Lipinski definition) is 3. The third-order valence-electron chi connectivity index (χ3n) is 3.80. The highest BCUT2D eigenvalue weighted by molar-refractivity contribution is 5.08. The van der Waals surface area contributed by atoms with Gasteiger partial charge in [0.2, 0.25) is 0 Å². The van der Waals surface area contributed by atoms with Gasteiger partial charge in [0.05, 0.1) is 11.2 Å². The van der Waals surface area contributed by atoms with Gasteiger partial charge in [0, 0.05) is 6.04 Å². The molecule has 3 heteroatoms. The van der Waals surface area contributed by atoms with Crippen LogP contribution in [0, 0.1) is 5.41 Å². The molecule has 1 atom stereocenters. The molecule has 0 aromatic carbocycles. The molecule has 1 aliphatic rings. The van der Waals surface area contributed by atoms with Crippen molar-refractivity contribution in [2.24, 2.45) is 5.41 Å². The molecular formula is C12H26N2O. The number of nitrogens with zero attached hydrogens (tertiary/aromatic N) is 2. The Bertz CT molecular complexity index is 253. The molecule has 0 aromatic rings. The number of hydrogen-bond donors (Lipinski definition) is 1. The first kappa shape index (κ1) is 12.9. The summed E-state index contributed by atoms with van der Waals surface area (Å²) in [5.74, 6) is 0. The summed E-state index contributed by atoms with van der Waals surface area (Å²) in [5.41, 5.74) is -0.384. The summed E-state index contributed by atoms with van der Waals surface area (Å²) >= 11 is 0. The zero-order chi connectivity index (χ0) is 12.2. The lowest BCUT2D eigenvalue weighted by Crippen LogP contribution is -2.51. The normalized spacial score (nSPS) is 32.2. The van der Waals surface area contributed by atoms with Crippen LogP contribution in [0.4, 0.5) is 0 Å². The zero-order valence-electron chi connectivity index (χ0n) is 11.4. The Morgan fingerprint density at radius 2 is 1.47 bits per heavy atom. The Morgan fingerprint density at radius 3 is 1.60 bits per heavy atom. The Balaban J connectivity index is 3.20. The van der Waals surface area contributed by atoms with E-state index in [0.717, 1.165) is 0 Å². The first-order valence-corrected chi connectivity index (χ1v) is 5.65. The van der Waals surface area contributed by atoms with E-state index in [9.17, 15) is 5.21 Å². The van der Waals surface area contributed by atoms with Gasteiger partial charge in [0.1, 0.15) is 0 Å². The third-order valence-corrected chi connectivity index (χ3v) is 3.80. The molecule has 0 spiro atoms. The fourth-order valence-electron chi connectivity index (χ4n) is 3.40. The van der Waals surface area contributed by atoms with Crippen molar-refractivity contribution in [1.82, 2.24) is 9.96 Å². The maximum absolute atomic E-state index is 10.3. The lowest BCUT2D eigenvalue weighted by molar-refractivity contribution is -0.208. The molecule has 3 nitrogen and oxygen atoms in total. The molecule has 0 amide bonds. The topological polar surface area (TPSA) is 26.7 Å². The summed E-state index contributed by atoms with van der Waals surface area (Å²) in [4.78, 5) is 2.27. The summed E-state index contributed by atoms with van der Waals surface area (Å²) in [6, 6.07) is 0.324. The smallest absolute Gasteiger partial charge is 0.0925 e. The van der Waals surface area contributed by atoms with Crippen LogP contribution in [-0.2, 0) is 0 Å². The average molecular weight is 214 g/mol. The highest BCUT2D eigenvalue weighted by Gasteiger charge is 2.58. The lowest BCUT2D eigenvalue weighted by Gasteiger charge is -2.41. The minimum atomic E-state index is -0.304. The zero-order valence-corrected chi connectivity index (χ0v) is 11.4. The van der Waals surface area contributed by atoms with Crippen LogP contribution in [0.15, 0.2) is 0 Å². The molecule has 1 unspecified atom stereocenters. The van der Waals surface area contributed by atoms with Gasteiger partial charge in [0.15, 0.2) is 0 Å². The van der Waals surface area contributed by atoms with E-state index in [0.29, 0.717) is 6.04 Å². The molecule has 1 N–H and O–H groups in total. The molecule has 0 bridgehead atoms. The number of hydroxylamine groups is 2. The second-order valence-electron chi connectivity index (χ2n) is 6.84. The van der Waals surface area contributed by atoms with Gasteiger partial charge in [-0.25, -0.2) is 0 Å². The third kappa shape index (κ3) is 1.71. The molecule has 15 heavy (non-hydrogen) atoms. The van der Waals surface area contributed by atoms with Crippen LogP contribution < -0.4 is 0 Å². The standard InChI is InChI=1S/C12H26N2O/c1-10(2,3)9-11(4,5)14(15)12(6,7)13(9)8/h9,15H,1-8H3. The van der Waals surface area contributed by atoms with Gasteiger partial charge >= 0.3 is 0 Å². The maximum Gasteiger partial charge on any atom is 0.0925 e. The molecule has 0 radical (unpaired) electrons. The number of rotatable bonds is 0. The Kier molecular flexibility index (Phi) is 2.75. The SMILES string of the molecule is CN1C(C(C)(C)C)C(C)(C)N(O)C1(C)C.